The van der Waals surface area contributed by atoms with E-state index >= 15 is 0 Å². The van der Waals surface area contributed by atoms with Crippen LogP contribution in [-0.4, -0.2) is 24.1 Å². The number of rotatable bonds is 10. The maximum absolute atomic E-state index is 12.8. The number of nitrogens with zero attached hydrogens (tertiary/aromatic N) is 1. The summed E-state index contributed by atoms with van der Waals surface area (Å²) < 4.78 is 5.92. The van der Waals surface area contributed by atoms with Crippen LogP contribution in [0.25, 0.3) is 0 Å². The van der Waals surface area contributed by atoms with Crippen LogP contribution in [0.4, 0.5) is 0 Å². The number of hydrogen-bond donors (Lipinski definition) is 2. The van der Waals surface area contributed by atoms with Crippen LogP contribution in [0.3, 0.4) is 0 Å². The van der Waals surface area contributed by atoms with Gasteiger partial charge in [-0.2, -0.15) is 5.10 Å². The predicted molar refractivity (Wildman–Crippen MR) is 140 cm³/mol. The molecule has 0 radical (unpaired) electrons. The lowest BCUT2D eigenvalue weighted by Gasteiger charge is -2.19. The number of carbonyl (C=O) groups is 2. The van der Waals surface area contributed by atoms with Gasteiger partial charge in [0.25, 0.3) is 11.8 Å². The van der Waals surface area contributed by atoms with Crippen molar-refractivity contribution >= 4 is 41.2 Å². The van der Waals surface area contributed by atoms with Crippen molar-refractivity contribution in [3.05, 3.63) is 99.5 Å². The first kappa shape index (κ1) is 26.3. The molecule has 0 saturated heterocycles. The van der Waals surface area contributed by atoms with Crippen molar-refractivity contribution in [2.24, 2.45) is 11.0 Å². The van der Waals surface area contributed by atoms with Crippen molar-refractivity contribution in [1.82, 2.24) is 10.7 Å². The fraction of sp³-hybridized carbons (Fsp3) is 0.222. The Morgan fingerprint density at radius 1 is 0.943 bits per heavy atom. The Morgan fingerprint density at radius 3 is 2.23 bits per heavy atom. The average Bonchev–Trinajstić information content (AvgIpc) is 2.84. The average molecular weight is 512 g/mol. The van der Waals surface area contributed by atoms with E-state index in [1.807, 2.05) is 62.4 Å². The summed E-state index contributed by atoms with van der Waals surface area (Å²) in [4.78, 5) is 25.4. The standard InChI is InChI=1S/C27H27Cl2N3O3/c1-18(2)15-24(31-26(33)20-9-13-23(29)14-10-20)27(34)32-30-16-21-5-3-4-6-25(21)35-17-19-7-11-22(28)12-8-19/h3-14,16,18,24H,15,17H2,1-2H3,(H,31,33)(H,32,34). The van der Waals surface area contributed by atoms with Gasteiger partial charge in [-0.05, 0) is 66.4 Å². The SMILES string of the molecule is CC(C)CC(NC(=O)c1ccc(Cl)cc1)C(=O)NN=Cc1ccccc1OCc1ccc(Cl)cc1. The summed E-state index contributed by atoms with van der Waals surface area (Å²) in [5.41, 5.74) is 4.63. The predicted octanol–water partition coefficient (Wildman–Crippen LogP) is 5.87. The molecular weight excluding hydrogens is 485 g/mol. The normalized spacial score (nSPS) is 11.9. The molecule has 0 aliphatic heterocycles. The van der Waals surface area contributed by atoms with Crippen LogP contribution in [0.1, 0.15) is 41.8 Å². The van der Waals surface area contributed by atoms with Gasteiger partial charge in [-0.1, -0.05) is 61.3 Å². The molecular formula is C27H27Cl2N3O3. The summed E-state index contributed by atoms with van der Waals surface area (Å²) in [6.45, 7) is 4.32. The van der Waals surface area contributed by atoms with E-state index in [4.69, 9.17) is 27.9 Å². The quantitative estimate of drug-likeness (QED) is 0.264. The van der Waals surface area contributed by atoms with E-state index in [9.17, 15) is 9.59 Å². The molecule has 35 heavy (non-hydrogen) atoms. The Kier molecular flexibility index (Phi) is 9.70. The van der Waals surface area contributed by atoms with Crippen molar-refractivity contribution in [3.8, 4) is 5.75 Å². The maximum atomic E-state index is 12.8. The smallest absolute Gasteiger partial charge is 0.262 e. The largest absolute Gasteiger partial charge is 0.488 e. The van der Waals surface area contributed by atoms with Crippen LogP contribution < -0.4 is 15.5 Å². The molecule has 8 heteroatoms. The second-order valence-electron chi connectivity index (χ2n) is 8.35. The molecule has 0 bridgehead atoms. The summed E-state index contributed by atoms with van der Waals surface area (Å²) in [5, 5.41) is 8.08. The van der Waals surface area contributed by atoms with Crippen LogP contribution in [-0.2, 0) is 11.4 Å². The van der Waals surface area contributed by atoms with Gasteiger partial charge in [0.2, 0.25) is 0 Å². The number of carbonyl (C=O) groups excluding carboxylic acids is 2. The fourth-order valence-electron chi connectivity index (χ4n) is 3.25. The lowest BCUT2D eigenvalue weighted by atomic mass is 10.0. The lowest BCUT2D eigenvalue weighted by molar-refractivity contribution is -0.123. The van der Waals surface area contributed by atoms with Crippen LogP contribution in [0, 0.1) is 5.92 Å². The zero-order valence-corrected chi connectivity index (χ0v) is 21.0. The van der Waals surface area contributed by atoms with E-state index in [1.165, 1.54) is 6.21 Å². The number of hydrogen-bond acceptors (Lipinski definition) is 4. The molecule has 0 heterocycles. The third-order valence-corrected chi connectivity index (χ3v) is 5.54. The molecule has 0 fully saturated rings. The number of nitrogens with one attached hydrogen (secondary N) is 2. The third-order valence-electron chi connectivity index (χ3n) is 5.04. The Bertz CT molecular complexity index is 1160. The van der Waals surface area contributed by atoms with Gasteiger partial charge in [-0.25, -0.2) is 5.43 Å². The molecule has 3 rings (SSSR count). The number of benzene rings is 3. The van der Waals surface area contributed by atoms with E-state index in [0.717, 1.165) is 5.56 Å². The van der Waals surface area contributed by atoms with Gasteiger partial charge >= 0.3 is 0 Å². The van der Waals surface area contributed by atoms with Crippen molar-refractivity contribution < 1.29 is 14.3 Å². The van der Waals surface area contributed by atoms with Crippen molar-refractivity contribution in [2.45, 2.75) is 32.9 Å². The molecule has 0 spiro atoms. The molecule has 2 amide bonds. The molecule has 3 aromatic rings. The number of ether oxygens (including phenoxy) is 1. The molecule has 6 nitrogen and oxygen atoms in total. The topological polar surface area (TPSA) is 79.8 Å². The van der Waals surface area contributed by atoms with E-state index in [1.54, 1.807) is 24.3 Å². The highest BCUT2D eigenvalue weighted by Crippen LogP contribution is 2.18. The Labute approximate surface area is 215 Å². The molecule has 2 N–H and O–H groups in total. The zero-order valence-electron chi connectivity index (χ0n) is 19.5. The molecule has 0 aliphatic rings. The molecule has 3 aromatic carbocycles. The summed E-state index contributed by atoms with van der Waals surface area (Å²) in [7, 11) is 0. The Balaban J connectivity index is 1.63. The van der Waals surface area contributed by atoms with Gasteiger partial charge < -0.3 is 10.1 Å². The first-order valence-electron chi connectivity index (χ1n) is 11.2. The number of amides is 2. The number of para-hydroxylation sites is 1. The van der Waals surface area contributed by atoms with Crippen LogP contribution >= 0.6 is 23.2 Å². The zero-order chi connectivity index (χ0) is 25.2. The fourth-order valence-corrected chi connectivity index (χ4v) is 3.50. The molecule has 1 unspecified atom stereocenters. The monoisotopic (exact) mass is 511 g/mol. The highest BCUT2D eigenvalue weighted by molar-refractivity contribution is 6.30. The minimum Gasteiger partial charge on any atom is -0.488 e. The van der Waals surface area contributed by atoms with Crippen molar-refractivity contribution in [2.75, 3.05) is 0 Å². The first-order chi connectivity index (χ1) is 16.8. The molecule has 0 aliphatic carbocycles. The summed E-state index contributed by atoms with van der Waals surface area (Å²) in [6.07, 6.45) is 1.98. The van der Waals surface area contributed by atoms with Gasteiger partial charge in [0.1, 0.15) is 18.4 Å². The van der Waals surface area contributed by atoms with Crippen LogP contribution in [0.5, 0.6) is 5.75 Å². The van der Waals surface area contributed by atoms with Gasteiger partial charge in [-0.15, -0.1) is 0 Å². The van der Waals surface area contributed by atoms with Crippen molar-refractivity contribution in [1.29, 1.82) is 0 Å². The molecule has 0 saturated carbocycles. The highest BCUT2D eigenvalue weighted by Gasteiger charge is 2.22. The third kappa shape index (κ3) is 8.42. The van der Waals surface area contributed by atoms with E-state index in [-0.39, 0.29) is 11.8 Å². The number of halogens is 2. The Hall–Kier alpha value is -3.35. The minimum atomic E-state index is -0.744. The molecule has 182 valence electrons. The van der Waals surface area contributed by atoms with Crippen molar-refractivity contribution in [3.63, 3.8) is 0 Å². The number of hydrazone groups is 1. The summed E-state index contributed by atoms with van der Waals surface area (Å²) in [6, 6.07) is 20.5. The first-order valence-corrected chi connectivity index (χ1v) is 11.9. The minimum absolute atomic E-state index is 0.183. The van der Waals surface area contributed by atoms with E-state index in [0.29, 0.717) is 39.9 Å². The van der Waals surface area contributed by atoms with Gasteiger partial charge in [0.15, 0.2) is 0 Å². The second-order valence-corrected chi connectivity index (χ2v) is 9.22. The van der Waals surface area contributed by atoms with Gasteiger partial charge in [-0.3, -0.25) is 9.59 Å². The molecule has 1 atom stereocenters. The summed E-state index contributed by atoms with van der Waals surface area (Å²) in [5.74, 6) is 0.0432. The maximum Gasteiger partial charge on any atom is 0.262 e. The van der Waals surface area contributed by atoms with Gasteiger partial charge in [0.05, 0.1) is 6.21 Å². The van der Waals surface area contributed by atoms with Crippen LogP contribution in [0.15, 0.2) is 77.9 Å². The van der Waals surface area contributed by atoms with E-state index < -0.39 is 11.9 Å². The van der Waals surface area contributed by atoms with Gasteiger partial charge in [0, 0.05) is 21.2 Å². The summed E-state index contributed by atoms with van der Waals surface area (Å²) >= 11 is 11.8. The van der Waals surface area contributed by atoms with E-state index in [2.05, 4.69) is 15.8 Å². The second kappa shape index (κ2) is 12.9. The lowest BCUT2D eigenvalue weighted by Crippen LogP contribution is -2.46. The molecule has 0 aromatic heterocycles. The highest BCUT2D eigenvalue weighted by atomic mass is 35.5. The Morgan fingerprint density at radius 2 is 1.57 bits per heavy atom. The van der Waals surface area contributed by atoms with Crippen LogP contribution in [0.2, 0.25) is 10.0 Å².